The molecule has 4 heteroatoms. The topological polar surface area (TPSA) is 64.4 Å². The quantitative estimate of drug-likeness (QED) is 0.870. The number of carbonyl (C=O) groups is 1. The minimum absolute atomic E-state index is 0.0172. The highest BCUT2D eigenvalue weighted by molar-refractivity contribution is 5.94. The standard InChI is InChI=1S/C15H22N2O2/c1-3-10-8-11(4-7-14(10)19-2)15(18)17-13-6-5-12(16)9-13/h4,7-8,12-13H,3,5-6,9,16H2,1-2H3,(H,17,18). The first kappa shape index (κ1) is 13.9. The number of hydrogen-bond donors (Lipinski definition) is 2. The molecule has 0 aliphatic heterocycles. The van der Waals surface area contributed by atoms with Gasteiger partial charge in [0.1, 0.15) is 5.75 Å². The van der Waals surface area contributed by atoms with Gasteiger partial charge in [-0.15, -0.1) is 0 Å². The molecule has 3 N–H and O–H groups in total. The Hall–Kier alpha value is -1.55. The van der Waals surface area contributed by atoms with Crippen LogP contribution in [0.3, 0.4) is 0 Å². The molecule has 1 aliphatic carbocycles. The summed E-state index contributed by atoms with van der Waals surface area (Å²) in [6.45, 7) is 2.05. The van der Waals surface area contributed by atoms with Gasteiger partial charge >= 0.3 is 0 Å². The van der Waals surface area contributed by atoms with Gasteiger partial charge in [0.15, 0.2) is 0 Å². The van der Waals surface area contributed by atoms with Gasteiger partial charge in [0.2, 0.25) is 0 Å². The Morgan fingerprint density at radius 1 is 1.47 bits per heavy atom. The lowest BCUT2D eigenvalue weighted by Crippen LogP contribution is -2.34. The average molecular weight is 262 g/mol. The van der Waals surface area contributed by atoms with E-state index in [9.17, 15) is 4.79 Å². The van der Waals surface area contributed by atoms with Crippen LogP contribution in [0.4, 0.5) is 0 Å². The maximum absolute atomic E-state index is 12.2. The van der Waals surface area contributed by atoms with Crippen molar-refractivity contribution in [2.75, 3.05) is 7.11 Å². The van der Waals surface area contributed by atoms with Gasteiger partial charge in [-0.1, -0.05) is 6.92 Å². The predicted molar refractivity (Wildman–Crippen MR) is 75.5 cm³/mol. The van der Waals surface area contributed by atoms with Crippen molar-refractivity contribution in [2.24, 2.45) is 5.73 Å². The largest absolute Gasteiger partial charge is 0.496 e. The maximum Gasteiger partial charge on any atom is 0.251 e. The van der Waals surface area contributed by atoms with Crippen molar-refractivity contribution in [1.29, 1.82) is 0 Å². The lowest BCUT2D eigenvalue weighted by Gasteiger charge is -2.14. The number of carbonyl (C=O) groups excluding carboxylic acids is 1. The van der Waals surface area contributed by atoms with Crippen LogP contribution in [-0.4, -0.2) is 25.1 Å². The van der Waals surface area contributed by atoms with E-state index in [1.165, 1.54) is 0 Å². The van der Waals surface area contributed by atoms with E-state index in [1.807, 2.05) is 18.2 Å². The summed E-state index contributed by atoms with van der Waals surface area (Å²) in [6, 6.07) is 6.02. The lowest BCUT2D eigenvalue weighted by molar-refractivity contribution is 0.0937. The Balaban J connectivity index is 2.06. The highest BCUT2D eigenvalue weighted by Gasteiger charge is 2.23. The number of benzene rings is 1. The number of amides is 1. The van der Waals surface area contributed by atoms with E-state index >= 15 is 0 Å². The first-order chi connectivity index (χ1) is 9.13. The summed E-state index contributed by atoms with van der Waals surface area (Å²) in [6.07, 6.45) is 3.69. The molecule has 0 spiro atoms. The third-order valence-electron chi connectivity index (χ3n) is 3.73. The predicted octanol–water partition coefficient (Wildman–Crippen LogP) is 1.87. The number of rotatable bonds is 4. The minimum atomic E-state index is -0.0172. The molecule has 1 saturated carbocycles. The van der Waals surface area contributed by atoms with Crippen molar-refractivity contribution < 1.29 is 9.53 Å². The van der Waals surface area contributed by atoms with Crippen molar-refractivity contribution in [2.45, 2.75) is 44.7 Å². The number of ether oxygens (including phenoxy) is 1. The monoisotopic (exact) mass is 262 g/mol. The van der Waals surface area contributed by atoms with E-state index in [-0.39, 0.29) is 18.0 Å². The molecule has 2 rings (SSSR count). The molecule has 1 aromatic carbocycles. The molecule has 0 heterocycles. The summed E-state index contributed by atoms with van der Waals surface area (Å²) >= 11 is 0. The summed E-state index contributed by atoms with van der Waals surface area (Å²) in [4.78, 5) is 12.2. The molecule has 0 saturated heterocycles. The fourth-order valence-electron chi connectivity index (χ4n) is 2.61. The normalized spacial score (nSPS) is 22.3. The molecule has 0 aromatic heterocycles. The molecule has 1 aromatic rings. The van der Waals surface area contributed by atoms with E-state index in [0.717, 1.165) is 37.0 Å². The fraction of sp³-hybridized carbons (Fsp3) is 0.533. The van der Waals surface area contributed by atoms with Crippen molar-refractivity contribution in [3.05, 3.63) is 29.3 Å². The van der Waals surface area contributed by atoms with Gasteiger partial charge in [-0.3, -0.25) is 4.79 Å². The smallest absolute Gasteiger partial charge is 0.251 e. The van der Waals surface area contributed by atoms with Crippen molar-refractivity contribution in [3.63, 3.8) is 0 Å². The number of aryl methyl sites for hydroxylation is 1. The van der Waals surface area contributed by atoms with Gasteiger partial charge in [0.05, 0.1) is 7.11 Å². The SMILES string of the molecule is CCc1cc(C(=O)NC2CCC(N)C2)ccc1OC. The molecule has 1 amide bonds. The highest BCUT2D eigenvalue weighted by atomic mass is 16.5. The first-order valence-corrected chi connectivity index (χ1v) is 6.87. The molecule has 1 aliphatic rings. The van der Waals surface area contributed by atoms with Crippen molar-refractivity contribution in [3.8, 4) is 5.75 Å². The molecule has 2 unspecified atom stereocenters. The summed E-state index contributed by atoms with van der Waals surface area (Å²) in [5.74, 6) is 0.818. The van der Waals surface area contributed by atoms with Gasteiger partial charge in [-0.25, -0.2) is 0 Å². The van der Waals surface area contributed by atoms with Crippen LogP contribution in [0.25, 0.3) is 0 Å². The van der Waals surface area contributed by atoms with Crippen molar-refractivity contribution >= 4 is 5.91 Å². The van der Waals surface area contributed by atoms with Crippen LogP contribution in [0.2, 0.25) is 0 Å². The maximum atomic E-state index is 12.2. The molecular formula is C15H22N2O2. The lowest BCUT2D eigenvalue weighted by atomic mass is 10.1. The summed E-state index contributed by atoms with van der Waals surface area (Å²) in [5, 5.41) is 3.05. The zero-order chi connectivity index (χ0) is 13.8. The minimum Gasteiger partial charge on any atom is -0.496 e. The summed E-state index contributed by atoms with van der Waals surface area (Å²) in [5.41, 5.74) is 7.60. The van der Waals surface area contributed by atoms with Crippen LogP contribution in [-0.2, 0) is 6.42 Å². The highest BCUT2D eigenvalue weighted by Crippen LogP contribution is 2.21. The zero-order valence-electron chi connectivity index (χ0n) is 11.6. The molecule has 2 atom stereocenters. The van der Waals surface area contributed by atoms with Crippen LogP contribution in [0.15, 0.2) is 18.2 Å². The Bertz CT molecular complexity index is 459. The molecule has 4 nitrogen and oxygen atoms in total. The van der Waals surface area contributed by atoms with Crippen LogP contribution < -0.4 is 15.8 Å². The number of nitrogens with one attached hydrogen (secondary N) is 1. The zero-order valence-corrected chi connectivity index (χ0v) is 11.6. The Morgan fingerprint density at radius 3 is 2.84 bits per heavy atom. The van der Waals surface area contributed by atoms with E-state index in [4.69, 9.17) is 10.5 Å². The Labute approximate surface area is 114 Å². The van der Waals surface area contributed by atoms with E-state index in [1.54, 1.807) is 7.11 Å². The summed E-state index contributed by atoms with van der Waals surface area (Å²) in [7, 11) is 1.65. The first-order valence-electron chi connectivity index (χ1n) is 6.87. The molecule has 104 valence electrons. The Morgan fingerprint density at radius 2 is 2.26 bits per heavy atom. The number of methoxy groups -OCH3 is 1. The Kier molecular flexibility index (Phi) is 4.43. The fourth-order valence-corrected chi connectivity index (χ4v) is 2.61. The summed E-state index contributed by atoms with van der Waals surface area (Å²) < 4.78 is 5.27. The molecule has 1 fully saturated rings. The van der Waals surface area contributed by atoms with E-state index < -0.39 is 0 Å². The van der Waals surface area contributed by atoms with Gasteiger partial charge in [0, 0.05) is 17.6 Å². The molecule has 19 heavy (non-hydrogen) atoms. The second-order valence-corrected chi connectivity index (χ2v) is 5.12. The van der Waals surface area contributed by atoms with Crippen LogP contribution >= 0.6 is 0 Å². The van der Waals surface area contributed by atoms with E-state index in [2.05, 4.69) is 12.2 Å². The van der Waals surface area contributed by atoms with Crippen molar-refractivity contribution in [1.82, 2.24) is 5.32 Å². The molecule has 0 bridgehead atoms. The van der Waals surface area contributed by atoms with E-state index in [0.29, 0.717) is 5.56 Å². The van der Waals surface area contributed by atoms with Gasteiger partial charge in [-0.2, -0.15) is 0 Å². The third kappa shape index (κ3) is 3.26. The van der Waals surface area contributed by atoms with Gasteiger partial charge < -0.3 is 15.8 Å². The van der Waals surface area contributed by atoms with Gasteiger partial charge in [-0.05, 0) is 49.4 Å². The van der Waals surface area contributed by atoms with Gasteiger partial charge in [0.25, 0.3) is 5.91 Å². The average Bonchev–Trinajstić information content (AvgIpc) is 2.83. The molecule has 0 radical (unpaired) electrons. The third-order valence-corrected chi connectivity index (χ3v) is 3.73. The number of nitrogens with two attached hydrogens (primary N) is 1. The number of hydrogen-bond acceptors (Lipinski definition) is 3. The second-order valence-electron chi connectivity index (χ2n) is 5.12. The molecular weight excluding hydrogens is 240 g/mol. The second kappa shape index (κ2) is 6.06. The van der Waals surface area contributed by atoms with Crippen LogP contribution in [0, 0.1) is 0 Å². The van der Waals surface area contributed by atoms with Crippen LogP contribution in [0.1, 0.15) is 42.1 Å². The van der Waals surface area contributed by atoms with Crippen LogP contribution in [0.5, 0.6) is 5.75 Å².